The lowest BCUT2D eigenvalue weighted by Crippen LogP contribution is -2.45. The number of anilines is 2. The lowest BCUT2D eigenvalue weighted by molar-refractivity contribution is -0.141. The topological polar surface area (TPSA) is 108 Å². The van der Waals surface area contributed by atoms with Crippen molar-refractivity contribution in [3.05, 3.63) is 83.3 Å². The van der Waals surface area contributed by atoms with E-state index in [0.717, 1.165) is 28.3 Å². The zero-order valence-corrected chi connectivity index (χ0v) is 22.3. The van der Waals surface area contributed by atoms with Gasteiger partial charge >= 0.3 is 6.18 Å². The van der Waals surface area contributed by atoms with Crippen molar-refractivity contribution in [1.29, 1.82) is 0 Å². The van der Waals surface area contributed by atoms with E-state index in [1.165, 1.54) is 15.6 Å². The van der Waals surface area contributed by atoms with E-state index in [1.807, 2.05) is 13.0 Å². The predicted molar refractivity (Wildman–Crippen MR) is 141 cm³/mol. The van der Waals surface area contributed by atoms with Crippen LogP contribution in [0.3, 0.4) is 0 Å². The molecule has 204 valence electrons. The summed E-state index contributed by atoms with van der Waals surface area (Å²) in [7, 11) is -3.65. The smallest absolute Gasteiger partial charge is 0.383 e. The number of hydrogen-bond acceptors (Lipinski definition) is 8. The van der Waals surface area contributed by atoms with Gasteiger partial charge in [0.2, 0.25) is 16.0 Å². The lowest BCUT2D eigenvalue weighted by Gasteiger charge is -2.36. The minimum atomic E-state index is -4.59. The van der Waals surface area contributed by atoms with E-state index in [0.29, 0.717) is 10.7 Å². The van der Waals surface area contributed by atoms with Crippen molar-refractivity contribution >= 4 is 33.0 Å². The molecular weight excluding hydrogens is 551 g/mol. The Balaban J connectivity index is 1.33. The summed E-state index contributed by atoms with van der Waals surface area (Å²) in [5.74, 6) is -0.183. The molecule has 0 bridgehead atoms. The second kappa shape index (κ2) is 10.3. The number of sulfonamides is 1. The van der Waals surface area contributed by atoms with Gasteiger partial charge in [-0.1, -0.05) is 24.3 Å². The van der Waals surface area contributed by atoms with Crippen LogP contribution in [0.25, 0.3) is 10.4 Å². The first kappa shape index (κ1) is 27.2. The largest absolute Gasteiger partial charge is 0.433 e. The Kier molecular flexibility index (Phi) is 7.18. The van der Waals surface area contributed by atoms with E-state index in [9.17, 15) is 26.7 Å². The second-order valence-electron chi connectivity index (χ2n) is 9.25. The number of nitrogens with one attached hydrogen (secondary N) is 1. The molecule has 1 saturated heterocycles. The Hall–Kier alpha value is -3.39. The SMILES string of the molecule is Cc1cc(Nc2nccc(C(F)(F)F)n2)cc(-c2cnc(C3(O)CCN(S(=O)(=O)c4ccccc4)CC3)s2)c1. The standard InChI is InChI=1S/C26H24F3N5O3S2/c1-17-13-18(15-19(14-17)32-24-30-10-7-22(33-24)26(27,28)29)21-16-31-23(38-21)25(35)8-11-34(12-9-25)39(36,37)20-5-3-2-4-6-20/h2-7,10,13-16,35H,8-9,11-12H2,1H3,(H,30,32,33). The van der Waals surface area contributed by atoms with Crippen LogP contribution in [0.2, 0.25) is 0 Å². The summed E-state index contributed by atoms with van der Waals surface area (Å²) in [6, 6.07) is 14.4. The Morgan fingerprint density at radius 3 is 2.46 bits per heavy atom. The maximum absolute atomic E-state index is 13.0. The van der Waals surface area contributed by atoms with Crippen molar-refractivity contribution in [2.24, 2.45) is 0 Å². The average Bonchev–Trinajstić information content (AvgIpc) is 3.41. The first-order valence-corrected chi connectivity index (χ1v) is 14.2. The van der Waals surface area contributed by atoms with Gasteiger partial charge in [0.05, 0.1) is 9.77 Å². The van der Waals surface area contributed by atoms with Gasteiger partial charge in [-0.05, 0) is 61.2 Å². The Morgan fingerprint density at radius 2 is 1.77 bits per heavy atom. The fourth-order valence-electron chi connectivity index (χ4n) is 4.38. The van der Waals surface area contributed by atoms with E-state index in [1.54, 1.807) is 48.7 Å². The molecule has 13 heteroatoms. The van der Waals surface area contributed by atoms with Crippen molar-refractivity contribution in [3.63, 3.8) is 0 Å². The number of aliphatic hydroxyl groups is 1. The van der Waals surface area contributed by atoms with Crippen LogP contribution < -0.4 is 5.32 Å². The highest BCUT2D eigenvalue weighted by Crippen LogP contribution is 2.40. The molecule has 39 heavy (non-hydrogen) atoms. The van der Waals surface area contributed by atoms with Crippen LogP contribution in [0.5, 0.6) is 0 Å². The molecule has 1 aliphatic heterocycles. The number of thiazole rings is 1. The lowest BCUT2D eigenvalue weighted by atomic mass is 9.93. The van der Waals surface area contributed by atoms with Crippen LogP contribution in [0.1, 0.15) is 29.1 Å². The highest BCUT2D eigenvalue weighted by molar-refractivity contribution is 7.89. The number of alkyl halides is 3. The van der Waals surface area contributed by atoms with Gasteiger partial charge in [-0.25, -0.2) is 23.4 Å². The summed E-state index contributed by atoms with van der Waals surface area (Å²) in [4.78, 5) is 12.8. The maximum atomic E-state index is 13.0. The molecule has 0 saturated carbocycles. The molecule has 1 fully saturated rings. The van der Waals surface area contributed by atoms with Gasteiger partial charge in [0.1, 0.15) is 16.3 Å². The van der Waals surface area contributed by atoms with Crippen LogP contribution in [0, 0.1) is 6.92 Å². The first-order valence-electron chi connectivity index (χ1n) is 12.0. The monoisotopic (exact) mass is 575 g/mol. The predicted octanol–water partition coefficient (Wildman–Crippen LogP) is 5.34. The van der Waals surface area contributed by atoms with Crippen molar-refractivity contribution in [2.75, 3.05) is 18.4 Å². The van der Waals surface area contributed by atoms with Crippen LogP contribution in [-0.2, 0) is 21.8 Å². The fourth-order valence-corrected chi connectivity index (χ4v) is 6.89. The number of aryl methyl sites for hydroxylation is 1. The molecule has 8 nitrogen and oxygen atoms in total. The van der Waals surface area contributed by atoms with E-state index in [2.05, 4.69) is 20.3 Å². The third-order valence-electron chi connectivity index (χ3n) is 6.40. The molecule has 0 spiro atoms. The Morgan fingerprint density at radius 1 is 1.05 bits per heavy atom. The zero-order chi connectivity index (χ0) is 27.8. The van der Waals surface area contributed by atoms with E-state index >= 15 is 0 Å². The van der Waals surface area contributed by atoms with Crippen molar-refractivity contribution in [3.8, 4) is 10.4 Å². The summed E-state index contributed by atoms with van der Waals surface area (Å²) in [6.07, 6.45) is -1.52. The number of halogens is 3. The number of nitrogens with zero attached hydrogens (tertiary/aromatic N) is 4. The second-order valence-corrected chi connectivity index (χ2v) is 12.2. The van der Waals surface area contributed by atoms with Gasteiger partial charge in [-0.15, -0.1) is 11.3 Å². The summed E-state index contributed by atoms with van der Waals surface area (Å²) in [5, 5.41) is 14.7. The molecule has 1 aliphatic rings. The van der Waals surface area contributed by atoms with Crippen LogP contribution in [0.4, 0.5) is 24.8 Å². The van der Waals surface area contributed by atoms with Gasteiger partial charge in [0, 0.05) is 31.2 Å². The van der Waals surface area contributed by atoms with Crippen molar-refractivity contribution in [1.82, 2.24) is 19.3 Å². The summed E-state index contributed by atoms with van der Waals surface area (Å²) < 4.78 is 66.3. The molecule has 0 unspecified atom stereocenters. The zero-order valence-electron chi connectivity index (χ0n) is 20.7. The Labute approximate surface area is 227 Å². The average molecular weight is 576 g/mol. The molecule has 0 radical (unpaired) electrons. The molecule has 2 aromatic carbocycles. The summed E-state index contributed by atoms with van der Waals surface area (Å²) in [5.41, 5.74) is -0.230. The van der Waals surface area contributed by atoms with Crippen LogP contribution in [0.15, 0.2) is 71.9 Å². The van der Waals surface area contributed by atoms with Gasteiger partial charge in [0.25, 0.3) is 0 Å². The van der Waals surface area contributed by atoms with E-state index in [-0.39, 0.29) is 36.8 Å². The Bertz CT molecular complexity index is 1590. The molecule has 2 N–H and O–H groups in total. The highest BCUT2D eigenvalue weighted by Gasteiger charge is 2.40. The number of aromatic nitrogens is 3. The van der Waals surface area contributed by atoms with Crippen molar-refractivity contribution in [2.45, 2.75) is 36.4 Å². The third kappa shape index (κ3) is 5.81. The maximum Gasteiger partial charge on any atom is 0.433 e. The molecule has 0 atom stereocenters. The van der Waals surface area contributed by atoms with Gasteiger partial charge < -0.3 is 10.4 Å². The van der Waals surface area contributed by atoms with E-state index < -0.39 is 27.5 Å². The minimum Gasteiger partial charge on any atom is -0.383 e. The fraction of sp³-hybridized carbons (Fsp3) is 0.269. The van der Waals surface area contributed by atoms with Crippen LogP contribution in [-0.4, -0.2) is 45.9 Å². The minimum absolute atomic E-state index is 0.151. The number of piperidine rings is 1. The van der Waals surface area contributed by atoms with E-state index in [4.69, 9.17) is 0 Å². The van der Waals surface area contributed by atoms with Crippen LogP contribution >= 0.6 is 11.3 Å². The quantitative estimate of drug-likeness (QED) is 0.319. The number of benzene rings is 2. The molecule has 0 aliphatic carbocycles. The molecule has 0 amide bonds. The van der Waals surface area contributed by atoms with Gasteiger partial charge in [-0.2, -0.15) is 17.5 Å². The summed E-state index contributed by atoms with van der Waals surface area (Å²) >= 11 is 1.29. The number of rotatable bonds is 6. The van der Waals surface area contributed by atoms with Gasteiger partial charge in [0.15, 0.2) is 0 Å². The highest BCUT2D eigenvalue weighted by atomic mass is 32.2. The first-order chi connectivity index (χ1) is 18.4. The molecule has 4 aromatic rings. The third-order valence-corrected chi connectivity index (χ3v) is 9.55. The molecule has 2 aromatic heterocycles. The van der Waals surface area contributed by atoms with Crippen molar-refractivity contribution < 1.29 is 26.7 Å². The normalized spacial score (nSPS) is 16.2. The van der Waals surface area contributed by atoms with Gasteiger partial charge in [-0.3, -0.25) is 0 Å². The summed E-state index contributed by atoms with van der Waals surface area (Å²) in [6.45, 7) is 2.15. The molecule has 5 rings (SSSR count). The number of hydrogen-bond donors (Lipinski definition) is 2. The molecule has 3 heterocycles. The molecular formula is C26H24F3N5O3S2.